The van der Waals surface area contributed by atoms with Crippen LogP contribution in [0.25, 0.3) is 0 Å². The first-order valence-electron chi connectivity index (χ1n) is 5.30. The van der Waals surface area contributed by atoms with E-state index in [0.717, 1.165) is 0 Å². The fourth-order valence-corrected chi connectivity index (χ4v) is 1.92. The summed E-state index contributed by atoms with van der Waals surface area (Å²) in [5.74, 6) is -1.59. The number of urea groups is 1. The Bertz CT molecular complexity index is 502. The van der Waals surface area contributed by atoms with Crippen molar-refractivity contribution in [3.05, 3.63) is 30.1 Å². The summed E-state index contributed by atoms with van der Waals surface area (Å²) in [5, 5.41) is 13.3. The molecule has 3 amide bonds. The average molecular weight is 249 g/mol. The first-order valence-corrected chi connectivity index (χ1v) is 5.30. The van der Waals surface area contributed by atoms with Gasteiger partial charge in [-0.25, -0.2) is 4.79 Å². The van der Waals surface area contributed by atoms with E-state index in [0.29, 0.717) is 5.56 Å². The summed E-state index contributed by atoms with van der Waals surface area (Å²) < 4.78 is 0. The summed E-state index contributed by atoms with van der Waals surface area (Å²) in [6.07, 6.45) is 2.71. The lowest BCUT2D eigenvalue weighted by Gasteiger charge is -2.25. The molecule has 0 radical (unpaired) electrons. The number of carbonyl (C=O) groups is 3. The fourth-order valence-electron chi connectivity index (χ4n) is 1.92. The Morgan fingerprint density at radius 2 is 2.22 bits per heavy atom. The zero-order chi connectivity index (χ0) is 13.2. The van der Waals surface area contributed by atoms with E-state index in [1.54, 1.807) is 12.1 Å². The smallest absolute Gasteiger partial charge is 0.322 e. The lowest BCUT2D eigenvalue weighted by atomic mass is 9.86. The van der Waals surface area contributed by atoms with Gasteiger partial charge in [-0.15, -0.1) is 0 Å². The molecule has 1 aromatic heterocycles. The van der Waals surface area contributed by atoms with E-state index in [1.165, 1.54) is 12.4 Å². The Hall–Kier alpha value is -2.44. The van der Waals surface area contributed by atoms with Crippen molar-refractivity contribution in [2.75, 3.05) is 0 Å². The third kappa shape index (κ3) is 2.02. The van der Waals surface area contributed by atoms with E-state index in [-0.39, 0.29) is 12.8 Å². The summed E-state index contributed by atoms with van der Waals surface area (Å²) >= 11 is 0. The molecule has 0 aliphatic carbocycles. The Balaban J connectivity index is 2.37. The average Bonchev–Trinajstić information content (AvgIpc) is 2.64. The highest BCUT2D eigenvalue weighted by Crippen LogP contribution is 2.29. The van der Waals surface area contributed by atoms with Crippen molar-refractivity contribution in [2.24, 2.45) is 0 Å². The molecule has 18 heavy (non-hydrogen) atoms. The number of hydrogen-bond donors (Lipinski definition) is 3. The maximum atomic E-state index is 11.9. The number of aromatic nitrogens is 1. The monoisotopic (exact) mass is 249 g/mol. The number of nitrogens with one attached hydrogen (secondary N) is 2. The number of hydrogen-bond acceptors (Lipinski definition) is 4. The summed E-state index contributed by atoms with van der Waals surface area (Å²) in [6, 6.07) is 2.62. The predicted molar refractivity (Wildman–Crippen MR) is 59.5 cm³/mol. The van der Waals surface area contributed by atoms with E-state index < -0.39 is 23.4 Å². The van der Waals surface area contributed by atoms with Crippen molar-refractivity contribution < 1.29 is 19.5 Å². The summed E-state index contributed by atoms with van der Waals surface area (Å²) in [4.78, 5) is 37.7. The molecule has 1 aliphatic rings. The first-order chi connectivity index (χ1) is 8.54. The number of aliphatic carboxylic acids is 1. The van der Waals surface area contributed by atoms with E-state index in [4.69, 9.17) is 5.11 Å². The van der Waals surface area contributed by atoms with Crippen molar-refractivity contribution in [2.45, 2.75) is 18.4 Å². The molecule has 1 aliphatic heterocycles. The molecule has 3 N–H and O–H groups in total. The third-order valence-corrected chi connectivity index (χ3v) is 2.81. The van der Waals surface area contributed by atoms with Gasteiger partial charge >= 0.3 is 12.0 Å². The number of imide groups is 1. The minimum Gasteiger partial charge on any atom is -0.481 e. The SMILES string of the molecule is O=C(O)CCC1(c2cccnc2)NC(=O)NC1=O. The van der Waals surface area contributed by atoms with Gasteiger partial charge in [0.2, 0.25) is 0 Å². The molecule has 1 saturated heterocycles. The van der Waals surface area contributed by atoms with Gasteiger partial charge in [0.15, 0.2) is 0 Å². The lowest BCUT2D eigenvalue weighted by Crippen LogP contribution is -2.44. The number of pyridine rings is 1. The predicted octanol–water partition coefficient (Wildman–Crippen LogP) is -0.0189. The number of rotatable bonds is 4. The fraction of sp³-hybridized carbons (Fsp3) is 0.273. The van der Waals surface area contributed by atoms with Crippen molar-refractivity contribution in [3.63, 3.8) is 0 Å². The molecule has 0 bridgehead atoms. The van der Waals surface area contributed by atoms with E-state index >= 15 is 0 Å². The van der Waals surface area contributed by atoms with E-state index in [1.807, 2.05) is 0 Å². The number of nitrogens with zero attached hydrogens (tertiary/aromatic N) is 1. The second-order valence-corrected chi connectivity index (χ2v) is 3.95. The first kappa shape index (κ1) is 12.0. The van der Waals surface area contributed by atoms with Crippen LogP contribution >= 0.6 is 0 Å². The van der Waals surface area contributed by atoms with Crippen molar-refractivity contribution >= 4 is 17.9 Å². The summed E-state index contributed by atoms with van der Waals surface area (Å²) in [5.41, 5.74) is -0.876. The van der Waals surface area contributed by atoms with Gasteiger partial charge in [0.25, 0.3) is 5.91 Å². The second-order valence-electron chi connectivity index (χ2n) is 3.95. The quantitative estimate of drug-likeness (QED) is 0.650. The summed E-state index contributed by atoms with van der Waals surface area (Å²) in [7, 11) is 0. The number of carboxylic acid groups (broad SMARTS) is 1. The highest BCUT2D eigenvalue weighted by molar-refractivity contribution is 6.07. The van der Waals surface area contributed by atoms with E-state index in [9.17, 15) is 14.4 Å². The van der Waals surface area contributed by atoms with Crippen LogP contribution in [-0.2, 0) is 15.1 Å². The second kappa shape index (κ2) is 4.44. The van der Waals surface area contributed by atoms with Crippen LogP contribution in [0.4, 0.5) is 4.79 Å². The standard InChI is InChI=1S/C11H11N3O4/c15-8(16)3-4-11(7-2-1-5-12-6-7)9(17)13-10(18)14-11/h1-2,5-6H,3-4H2,(H,15,16)(H2,13,14,17,18). The van der Waals surface area contributed by atoms with E-state index in [2.05, 4.69) is 15.6 Å². The summed E-state index contributed by atoms with van der Waals surface area (Å²) in [6.45, 7) is 0. The van der Waals surface area contributed by atoms with Crippen LogP contribution in [0.5, 0.6) is 0 Å². The maximum absolute atomic E-state index is 11.9. The number of amides is 3. The number of carboxylic acids is 1. The highest BCUT2D eigenvalue weighted by Gasteiger charge is 2.47. The van der Waals surface area contributed by atoms with Crippen molar-refractivity contribution in [3.8, 4) is 0 Å². The Labute approximate surface area is 102 Å². The molecule has 0 spiro atoms. The molecule has 1 unspecified atom stereocenters. The molecule has 94 valence electrons. The molecular formula is C11H11N3O4. The van der Waals surface area contributed by atoms with Crippen LogP contribution in [0.1, 0.15) is 18.4 Å². The minimum atomic E-state index is -1.34. The van der Waals surface area contributed by atoms with Gasteiger partial charge in [-0.3, -0.25) is 19.9 Å². The van der Waals surface area contributed by atoms with Gasteiger partial charge in [0.05, 0.1) is 0 Å². The highest BCUT2D eigenvalue weighted by atomic mass is 16.4. The molecule has 2 rings (SSSR count). The zero-order valence-electron chi connectivity index (χ0n) is 9.34. The van der Waals surface area contributed by atoms with Crippen molar-refractivity contribution in [1.82, 2.24) is 15.6 Å². The van der Waals surface area contributed by atoms with Crippen LogP contribution < -0.4 is 10.6 Å². The minimum absolute atomic E-state index is 0.0222. The molecule has 0 aromatic carbocycles. The molecule has 7 nitrogen and oxygen atoms in total. The van der Waals surface area contributed by atoms with Gasteiger partial charge in [0.1, 0.15) is 5.54 Å². The molecule has 1 atom stereocenters. The molecule has 7 heteroatoms. The molecule has 0 saturated carbocycles. The van der Waals surface area contributed by atoms with Crippen LogP contribution in [0.2, 0.25) is 0 Å². The molecule has 1 aromatic rings. The van der Waals surface area contributed by atoms with Crippen LogP contribution in [0.3, 0.4) is 0 Å². The normalized spacial score (nSPS) is 22.4. The number of carbonyl (C=O) groups excluding carboxylic acids is 2. The van der Waals surface area contributed by atoms with Gasteiger partial charge < -0.3 is 10.4 Å². The Kier molecular flexibility index (Phi) is 2.97. The van der Waals surface area contributed by atoms with Crippen LogP contribution in [-0.4, -0.2) is 28.0 Å². The van der Waals surface area contributed by atoms with Gasteiger partial charge in [-0.2, -0.15) is 0 Å². The van der Waals surface area contributed by atoms with Gasteiger partial charge in [0, 0.05) is 24.4 Å². The molecular weight excluding hydrogens is 238 g/mol. The maximum Gasteiger partial charge on any atom is 0.322 e. The Morgan fingerprint density at radius 1 is 1.44 bits per heavy atom. The zero-order valence-corrected chi connectivity index (χ0v) is 9.34. The topological polar surface area (TPSA) is 108 Å². The van der Waals surface area contributed by atoms with Gasteiger partial charge in [-0.1, -0.05) is 6.07 Å². The molecule has 1 fully saturated rings. The third-order valence-electron chi connectivity index (χ3n) is 2.81. The lowest BCUT2D eigenvalue weighted by molar-refractivity contribution is -0.137. The largest absolute Gasteiger partial charge is 0.481 e. The van der Waals surface area contributed by atoms with Crippen molar-refractivity contribution in [1.29, 1.82) is 0 Å². The molecule has 2 heterocycles. The van der Waals surface area contributed by atoms with Crippen LogP contribution in [0, 0.1) is 0 Å². The van der Waals surface area contributed by atoms with Crippen LogP contribution in [0.15, 0.2) is 24.5 Å². The van der Waals surface area contributed by atoms with Gasteiger partial charge in [-0.05, 0) is 12.5 Å². The Morgan fingerprint density at radius 3 is 2.72 bits per heavy atom.